The molecule has 0 saturated heterocycles. The van der Waals surface area contributed by atoms with Gasteiger partial charge >= 0.3 is 0 Å². The topological polar surface area (TPSA) is 46.2 Å². The normalized spacial score (nSPS) is 11.5. The largest absolute Gasteiger partial charge is 0.396 e. The maximum Gasteiger partial charge on any atom is 0.0449 e. The van der Waals surface area contributed by atoms with Gasteiger partial charge in [-0.3, -0.25) is 0 Å². The van der Waals surface area contributed by atoms with E-state index in [1.807, 2.05) is 38.1 Å². The summed E-state index contributed by atoms with van der Waals surface area (Å²) in [6.07, 6.45) is 0.608. The Labute approximate surface area is 94.3 Å². The highest BCUT2D eigenvalue weighted by Crippen LogP contribution is 2.18. The summed E-state index contributed by atoms with van der Waals surface area (Å²) in [5, 5.41) is 8.68. The van der Waals surface area contributed by atoms with Crippen LogP contribution in [0.5, 0.6) is 0 Å². The summed E-state index contributed by atoms with van der Waals surface area (Å²) in [5.74, 6) is 0. The van der Waals surface area contributed by atoms with E-state index in [1.165, 1.54) is 0 Å². The Hall–Kier alpha value is -0.380. The molecule has 1 atom stereocenters. The Bertz CT molecular complexity index is 253. The Morgan fingerprint density at radius 3 is 2.57 bits per heavy atom. The number of hydrogen-bond donors (Lipinski definition) is 2. The lowest BCUT2D eigenvalue weighted by molar-refractivity contribution is 0.276. The molecule has 0 heterocycles. The van der Waals surface area contributed by atoms with Crippen LogP contribution in [0, 0.1) is 0 Å². The highest BCUT2D eigenvalue weighted by atomic mass is 79.9. The summed E-state index contributed by atoms with van der Waals surface area (Å²) in [7, 11) is 0. The van der Waals surface area contributed by atoms with Crippen LogP contribution in [0.4, 0.5) is 0 Å². The van der Waals surface area contributed by atoms with Gasteiger partial charge in [0.25, 0.3) is 0 Å². The van der Waals surface area contributed by atoms with E-state index in [0.29, 0.717) is 6.42 Å². The fourth-order valence-electron chi connectivity index (χ4n) is 1.04. The van der Waals surface area contributed by atoms with Crippen molar-refractivity contribution >= 4 is 15.9 Å². The summed E-state index contributed by atoms with van der Waals surface area (Å²) in [4.78, 5) is 0. The van der Waals surface area contributed by atoms with Crippen molar-refractivity contribution in [3.8, 4) is 0 Å². The zero-order chi connectivity index (χ0) is 11.0. The molecule has 1 unspecified atom stereocenters. The molecule has 0 saturated carbocycles. The first-order chi connectivity index (χ1) is 6.74. The van der Waals surface area contributed by atoms with Gasteiger partial charge in [-0.2, -0.15) is 0 Å². The molecule has 0 amide bonds. The van der Waals surface area contributed by atoms with E-state index in [9.17, 15) is 0 Å². The molecule has 80 valence electrons. The van der Waals surface area contributed by atoms with E-state index in [0.717, 1.165) is 10.0 Å². The summed E-state index contributed by atoms with van der Waals surface area (Å²) >= 11 is 3.36. The first-order valence-electron chi connectivity index (χ1n) is 4.86. The quantitative estimate of drug-likeness (QED) is 0.877. The van der Waals surface area contributed by atoms with Gasteiger partial charge in [0.15, 0.2) is 0 Å². The van der Waals surface area contributed by atoms with Crippen LogP contribution < -0.4 is 5.73 Å². The second kappa shape index (κ2) is 7.97. The van der Waals surface area contributed by atoms with Crippen LogP contribution >= 0.6 is 15.9 Å². The van der Waals surface area contributed by atoms with E-state index in [4.69, 9.17) is 10.8 Å². The minimum absolute atomic E-state index is 0.0625. The van der Waals surface area contributed by atoms with Gasteiger partial charge in [0.2, 0.25) is 0 Å². The van der Waals surface area contributed by atoms with Crippen LogP contribution in [0.3, 0.4) is 0 Å². The van der Waals surface area contributed by atoms with Crippen LogP contribution in [0.1, 0.15) is 31.9 Å². The van der Waals surface area contributed by atoms with Crippen molar-refractivity contribution in [2.45, 2.75) is 26.3 Å². The van der Waals surface area contributed by atoms with Crippen molar-refractivity contribution in [3.05, 3.63) is 34.3 Å². The molecule has 3 N–H and O–H groups in total. The predicted octanol–water partition coefficient (Wildman–Crippen LogP) is 2.86. The molecule has 0 spiro atoms. The summed E-state index contributed by atoms with van der Waals surface area (Å²) in [6.45, 7) is 4.13. The lowest BCUT2D eigenvalue weighted by atomic mass is 10.1. The highest BCUT2D eigenvalue weighted by Gasteiger charge is 2.04. The summed E-state index contributed by atoms with van der Waals surface area (Å²) in [5.41, 5.74) is 6.85. The first-order valence-corrected chi connectivity index (χ1v) is 5.65. The van der Waals surface area contributed by atoms with Gasteiger partial charge < -0.3 is 10.8 Å². The van der Waals surface area contributed by atoms with Gasteiger partial charge in [-0.05, 0) is 24.1 Å². The highest BCUT2D eigenvalue weighted by molar-refractivity contribution is 9.10. The van der Waals surface area contributed by atoms with Crippen molar-refractivity contribution in [3.63, 3.8) is 0 Å². The minimum Gasteiger partial charge on any atom is -0.396 e. The number of aliphatic hydroxyl groups excluding tert-OH is 1. The van der Waals surface area contributed by atoms with Crippen LogP contribution in [-0.2, 0) is 0 Å². The SMILES string of the molecule is CC.NC(CCO)c1cccc(Br)c1. The summed E-state index contributed by atoms with van der Waals surface area (Å²) < 4.78 is 1.02. The Balaban J connectivity index is 0.000000791. The van der Waals surface area contributed by atoms with Crippen molar-refractivity contribution in [2.75, 3.05) is 6.61 Å². The van der Waals surface area contributed by atoms with Crippen LogP contribution in [0.2, 0.25) is 0 Å². The molecule has 0 aliphatic rings. The molecule has 1 rings (SSSR count). The first kappa shape index (κ1) is 13.6. The maximum atomic E-state index is 8.68. The maximum absolute atomic E-state index is 8.68. The zero-order valence-corrected chi connectivity index (χ0v) is 10.3. The average Bonchev–Trinajstić information content (AvgIpc) is 2.21. The van der Waals surface area contributed by atoms with E-state index in [-0.39, 0.29) is 12.6 Å². The van der Waals surface area contributed by atoms with Gasteiger partial charge in [-0.15, -0.1) is 0 Å². The molecular weight excluding hydrogens is 242 g/mol. The van der Waals surface area contributed by atoms with Crippen molar-refractivity contribution < 1.29 is 5.11 Å². The number of nitrogens with two attached hydrogens (primary N) is 1. The molecule has 1 aromatic carbocycles. The van der Waals surface area contributed by atoms with Gasteiger partial charge in [-0.1, -0.05) is 41.9 Å². The average molecular weight is 260 g/mol. The number of rotatable bonds is 3. The second-order valence-corrected chi connectivity index (χ2v) is 3.59. The molecular formula is C11H18BrNO. The minimum atomic E-state index is -0.0625. The summed E-state index contributed by atoms with van der Waals surface area (Å²) in [6, 6.07) is 7.77. The molecule has 0 aromatic heterocycles. The lowest BCUT2D eigenvalue weighted by Gasteiger charge is -2.09. The third-order valence-electron chi connectivity index (χ3n) is 1.72. The van der Waals surface area contributed by atoms with Crippen LogP contribution in [-0.4, -0.2) is 11.7 Å². The molecule has 0 bridgehead atoms. The van der Waals surface area contributed by atoms with Gasteiger partial charge in [0.1, 0.15) is 0 Å². The molecule has 2 nitrogen and oxygen atoms in total. The van der Waals surface area contributed by atoms with Crippen molar-refractivity contribution in [1.82, 2.24) is 0 Å². The molecule has 3 heteroatoms. The van der Waals surface area contributed by atoms with E-state index >= 15 is 0 Å². The number of hydrogen-bond acceptors (Lipinski definition) is 2. The Morgan fingerprint density at radius 2 is 2.07 bits per heavy atom. The fraction of sp³-hybridized carbons (Fsp3) is 0.455. The smallest absolute Gasteiger partial charge is 0.0449 e. The van der Waals surface area contributed by atoms with Crippen molar-refractivity contribution in [2.24, 2.45) is 5.73 Å². The van der Waals surface area contributed by atoms with Gasteiger partial charge in [0, 0.05) is 17.1 Å². The van der Waals surface area contributed by atoms with E-state index < -0.39 is 0 Å². The van der Waals surface area contributed by atoms with E-state index in [1.54, 1.807) is 0 Å². The zero-order valence-electron chi connectivity index (χ0n) is 8.70. The number of benzene rings is 1. The molecule has 14 heavy (non-hydrogen) atoms. The number of halogens is 1. The molecule has 0 radical (unpaired) electrons. The standard InChI is InChI=1S/C9H12BrNO.C2H6/c10-8-3-1-2-7(6-8)9(11)4-5-12;1-2/h1-3,6,9,12H,4-5,11H2;1-2H3. The van der Waals surface area contributed by atoms with Crippen molar-refractivity contribution in [1.29, 1.82) is 0 Å². The Morgan fingerprint density at radius 1 is 1.43 bits per heavy atom. The molecule has 1 aromatic rings. The fourth-order valence-corrected chi connectivity index (χ4v) is 1.46. The Kier molecular flexibility index (Phi) is 7.76. The lowest BCUT2D eigenvalue weighted by Crippen LogP contribution is -2.11. The molecule has 0 aliphatic heterocycles. The van der Waals surface area contributed by atoms with Crippen LogP contribution in [0.15, 0.2) is 28.7 Å². The number of aliphatic hydroxyl groups is 1. The van der Waals surface area contributed by atoms with Crippen LogP contribution in [0.25, 0.3) is 0 Å². The van der Waals surface area contributed by atoms with Gasteiger partial charge in [-0.25, -0.2) is 0 Å². The second-order valence-electron chi connectivity index (χ2n) is 2.67. The monoisotopic (exact) mass is 259 g/mol. The molecule has 0 aliphatic carbocycles. The molecule has 0 fully saturated rings. The third-order valence-corrected chi connectivity index (χ3v) is 2.21. The predicted molar refractivity (Wildman–Crippen MR) is 64.1 cm³/mol. The third kappa shape index (κ3) is 4.74. The van der Waals surface area contributed by atoms with Gasteiger partial charge in [0.05, 0.1) is 0 Å². The van der Waals surface area contributed by atoms with E-state index in [2.05, 4.69) is 15.9 Å².